The number of ether oxygens (including phenoxy) is 1. The van der Waals surface area contributed by atoms with Crippen molar-refractivity contribution in [3.63, 3.8) is 0 Å². The average Bonchev–Trinajstić information content (AvgIpc) is 3.43. The molecule has 77 heavy (non-hydrogen) atoms. The largest absolute Gasteiger partial charge is 0.466 e. The first-order chi connectivity index (χ1) is 38.0. The molecule has 0 aromatic heterocycles. The maximum absolute atomic E-state index is 12.5. The van der Waals surface area contributed by atoms with E-state index in [0.717, 1.165) is 38.5 Å². The molecule has 0 bridgehead atoms. The van der Waals surface area contributed by atoms with Gasteiger partial charge in [-0.2, -0.15) is 0 Å². The van der Waals surface area contributed by atoms with Crippen molar-refractivity contribution in [2.24, 2.45) is 0 Å². The van der Waals surface area contributed by atoms with E-state index in [9.17, 15) is 19.8 Å². The topological polar surface area (TPSA) is 95.9 Å². The summed E-state index contributed by atoms with van der Waals surface area (Å²) in [5.74, 6) is -0.0458. The molecule has 0 fully saturated rings. The van der Waals surface area contributed by atoms with Crippen LogP contribution < -0.4 is 5.32 Å². The van der Waals surface area contributed by atoms with Crippen molar-refractivity contribution in [3.05, 3.63) is 12.2 Å². The van der Waals surface area contributed by atoms with Gasteiger partial charge in [-0.05, 0) is 32.1 Å². The minimum absolute atomic E-state index is 0.0157. The van der Waals surface area contributed by atoms with Gasteiger partial charge in [-0.3, -0.25) is 9.59 Å². The molecule has 2 unspecified atom stereocenters. The fourth-order valence-electron chi connectivity index (χ4n) is 11.4. The predicted molar refractivity (Wildman–Crippen MR) is 338 cm³/mol. The molecule has 0 saturated carbocycles. The molecule has 6 heteroatoms. The number of aliphatic hydroxyl groups excluding tert-OH is 2. The summed E-state index contributed by atoms with van der Waals surface area (Å²) in [5.41, 5.74) is 0. The number of esters is 1. The first-order valence-corrected chi connectivity index (χ1v) is 35.5. The highest BCUT2D eigenvalue weighted by Crippen LogP contribution is 2.19. The Balaban J connectivity index is 3.40. The Morgan fingerprint density at radius 3 is 0.883 bits per heavy atom. The fourth-order valence-corrected chi connectivity index (χ4v) is 11.4. The van der Waals surface area contributed by atoms with Crippen molar-refractivity contribution < 1.29 is 24.5 Å². The van der Waals surface area contributed by atoms with Gasteiger partial charge in [0, 0.05) is 12.8 Å². The third-order valence-corrected chi connectivity index (χ3v) is 16.8. The maximum atomic E-state index is 12.5. The van der Waals surface area contributed by atoms with E-state index in [1.54, 1.807) is 6.08 Å². The molecule has 0 spiro atoms. The molecule has 1 amide bonds. The molecule has 0 aliphatic rings. The lowest BCUT2D eigenvalue weighted by molar-refractivity contribution is -0.143. The van der Waals surface area contributed by atoms with Crippen molar-refractivity contribution in [1.29, 1.82) is 0 Å². The lowest BCUT2D eigenvalue weighted by Crippen LogP contribution is -2.45. The second-order valence-electron chi connectivity index (χ2n) is 24.6. The Hall–Kier alpha value is -1.40. The molecular weight excluding hydrogens is 947 g/mol. The van der Waals surface area contributed by atoms with Gasteiger partial charge in [-0.15, -0.1) is 0 Å². The van der Waals surface area contributed by atoms with Crippen LogP contribution in [0.5, 0.6) is 0 Å². The molecular formula is C71H139NO5. The minimum atomic E-state index is -0.844. The average molecular weight is 1090 g/mol. The summed E-state index contributed by atoms with van der Waals surface area (Å²) in [6, 6.07) is -0.628. The molecule has 0 radical (unpaired) electrons. The third-order valence-electron chi connectivity index (χ3n) is 16.8. The van der Waals surface area contributed by atoms with Gasteiger partial charge in [0.1, 0.15) is 0 Å². The molecule has 0 heterocycles. The van der Waals surface area contributed by atoms with Crippen LogP contribution in [0.25, 0.3) is 0 Å². The maximum Gasteiger partial charge on any atom is 0.305 e. The van der Waals surface area contributed by atoms with Gasteiger partial charge in [0.15, 0.2) is 0 Å². The number of amides is 1. The van der Waals surface area contributed by atoms with E-state index in [-0.39, 0.29) is 18.5 Å². The van der Waals surface area contributed by atoms with E-state index >= 15 is 0 Å². The normalized spacial score (nSPS) is 12.5. The van der Waals surface area contributed by atoms with Crippen LogP contribution in [-0.2, 0) is 14.3 Å². The molecule has 0 aliphatic carbocycles. The fraction of sp³-hybridized carbons (Fsp3) is 0.944. The molecule has 458 valence electrons. The number of unbranched alkanes of at least 4 members (excludes halogenated alkanes) is 56. The Kier molecular flexibility index (Phi) is 65.9. The number of hydrogen-bond acceptors (Lipinski definition) is 5. The monoisotopic (exact) mass is 1090 g/mol. The van der Waals surface area contributed by atoms with E-state index in [4.69, 9.17) is 4.74 Å². The summed E-state index contributed by atoms with van der Waals surface area (Å²) in [7, 11) is 0. The number of carbonyl (C=O) groups excluding carboxylic acids is 2. The van der Waals surface area contributed by atoms with Gasteiger partial charge in [0.05, 0.1) is 25.4 Å². The zero-order valence-corrected chi connectivity index (χ0v) is 52.5. The van der Waals surface area contributed by atoms with Crippen LogP contribution in [0.2, 0.25) is 0 Å². The van der Waals surface area contributed by atoms with Crippen molar-refractivity contribution in [3.8, 4) is 0 Å². The van der Waals surface area contributed by atoms with E-state index < -0.39 is 12.1 Å². The molecule has 6 nitrogen and oxygen atoms in total. The highest BCUT2D eigenvalue weighted by Gasteiger charge is 2.18. The number of aliphatic hydroxyl groups is 2. The van der Waals surface area contributed by atoms with Gasteiger partial charge in [0.2, 0.25) is 5.91 Å². The number of rotatable bonds is 67. The number of nitrogens with one attached hydrogen (secondary N) is 1. The van der Waals surface area contributed by atoms with Gasteiger partial charge < -0.3 is 20.3 Å². The highest BCUT2D eigenvalue weighted by atomic mass is 16.5. The number of hydrogen-bond donors (Lipinski definition) is 3. The van der Waals surface area contributed by atoms with Crippen molar-refractivity contribution in [2.75, 3.05) is 13.2 Å². The summed E-state index contributed by atoms with van der Waals surface area (Å²) in [6.45, 7) is 4.94. The predicted octanol–water partition coefficient (Wildman–Crippen LogP) is 22.8. The van der Waals surface area contributed by atoms with Gasteiger partial charge in [-0.1, -0.05) is 373 Å². The SMILES string of the molecule is CCCCCCCCCCCCCCCCCCCCCCCCC/C=C/C(O)C(CO)NC(=O)CCCCCCCCCCCCCCCCCCCCCCCCCCOC(=O)CCCCCCCCCCCCC. The zero-order valence-electron chi connectivity index (χ0n) is 52.5. The lowest BCUT2D eigenvalue weighted by atomic mass is 10.0. The minimum Gasteiger partial charge on any atom is -0.466 e. The molecule has 0 saturated heterocycles. The summed E-state index contributed by atoms with van der Waals surface area (Å²) in [4.78, 5) is 24.5. The highest BCUT2D eigenvalue weighted by molar-refractivity contribution is 5.76. The first-order valence-electron chi connectivity index (χ1n) is 35.5. The van der Waals surface area contributed by atoms with E-state index in [2.05, 4.69) is 19.2 Å². The Bertz CT molecular complexity index is 1160. The van der Waals surface area contributed by atoms with E-state index in [1.165, 1.54) is 340 Å². The smallest absolute Gasteiger partial charge is 0.305 e. The van der Waals surface area contributed by atoms with Crippen LogP contribution in [0.3, 0.4) is 0 Å². The quantitative estimate of drug-likeness (QED) is 0.0320. The van der Waals surface area contributed by atoms with Crippen LogP contribution in [-0.4, -0.2) is 47.4 Å². The van der Waals surface area contributed by atoms with Gasteiger partial charge in [0.25, 0.3) is 0 Å². The summed E-state index contributed by atoms with van der Waals surface area (Å²) >= 11 is 0. The lowest BCUT2D eigenvalue weighted by Gasteiger charge is -2.20. The van der Waals surface area contributed by atoms with Crippen LogP contribution >= 0.6 is 0 Å². The second kappa shape index (κ2) is 67.1. The van der Waals surface area contributed by atoms with Crippen LogP contribution in [0.4, 0.5) is 0 Å². The summed E-state index contributed by atoms with van der Waals surface area (Å²) < 4.78 is 5.47. The van der Waals surface area contributed by atoms with Crippen molar-refractivity contribution in [1.82, 2.24) is 5.32 Å². The molecule has 0 aromatic rings. The standard InChI is InChI=1S/C71H139NO5/c1-3-5-7-9-11-13-15-16-17-18-19-20-21-22-25-28-31-34-37-40-44-47-51-55-59-63-69(74)68(67-73)72-70(75)64-60-56-52-48-45-41-38-35-32-29-26-23-24-27-30-33-36-39-42-46-50-54-58-62-66-77-71(76)65-61-57-53-49-43-14-12-10-8-6-4-2/h59,63,68-69,73-74H,3-58,60-62,64-67H2,1-2H3,(H,72,75)/b63-59+. The summed E-state index contributed by atoms with van der Waals surface area (Å²) in [5, 5.41) is 23.3. The Morgan fingerprint density at radius 2 is 0.597 bits per heavy atom. The molecule has 0 rings (SSSR count). The number of carbonyl (C=O) groups is 2. The number of allylic oxidation sites excluding steroid dienone is 1. The molecule has 3 N–H and O–H groups in total. The first kappa shape index (κ1) is 75.6. The van der Waals surface area contributed by atoms with Crippen molar-refractivity contribution in [2.45, 2.75) is 418 Å². The summed E-state index contributed by atoms with van der Waals surface area (Å²) in [6.07, 6.45) is 82.9. The molecule has 0 aromatic carbocycles. The van der Waals surface area contributed by atoms with E-state index in [1.807, 2.05) is 6.08 Å². The van der Waals surface area contributed by atoms with E-state index in [0.29, 0.717) is 19.4 Å². The molecule has 0 aliphatic heterocycles. The van der Waals surface area contributed by atoms with Crippen LogP contribution in [0.15, 0.2) is 12.2 Å². The van der Waals surface area contributed by atoms with Gasteiger partial charge in [-0.25, -0.2) is 0 Å². The van der Waals surface area contributed by atoms with Crippen LogP contribution in [0.1, 0.15) is 406 Å². The Morgan fingerprint density at radius 1 is 0.351 bits per heavy atom. The van der Waals surface area contributed by atoms with Crippen molar-refractivity contribution >= 4 is 11.9 Å². The van der Waals surface area contributed by atoms with Gasteiger partial charge >= 0.3 is 5.97 Å². The molecule has 2 atom stereocenters. The van der Waals surface area contributed by atoms with Crippen LogP contribution in [0, 0.1) is 0 Å². The Labute approximate surface area is 482 Å². The zero-order chi connectivity index (χ0) is 55.7. The third kappa shape index (κ3) is 63.6. The second-order valence-corrected chi connectivity index (χ2v) is 24.6.